The lowest BCUT2D eigenvalue weighted by atomic mass is 10.1. The molecule has 0 radical (unpaired) electrons. The molecule has 0 aliphatic heterocycles. The molecule has 6 nitrogen and oxygen atoms in total. The third-order valence-corrected chi connectivity index (χ3v) is 2.74. The number of nitrogens with two attached hydrogens (primary N) is 1. The third kappa shape index (κ3) is 3.75. The van der Waals surface area contributed by atoms with E-state index in [1.807, 2.05) is 0 Å². The number of carbonyl (C=O) groups is 1. The van der Waals surface area contributed by atoms with Crippen molar-refractivity contribution >= 4 is 23.0 Å². The number of hydrogen-bond acceptors (Lipinski definition) is 4. The van der Waals surface area contributed by atoms with E-state index >= 15 is 0 Å². The Bertz CT molecular complexity index is 704. The predicted octanol–water partition coefficient (Wildman–Crippen LogP) is 2.50. The molecule has 0 unspecified atom stereocenters. The Labute approximate surface area is 119 Å². The van der Waals surface area contributed by atoms with Crippen LogP contribution in [-0.4, -0.2) is 10.8 Å². The molecule has 2 aromatic rings. The summed E-state index contributed by atoms with van der Waals surface area (Å²) in [5.41, 5.74) is 6.34. The minimum absolute atomic E-state index is 0.0657. The zero-order valence-electron chi connectivity index (χ0n) is 10.9. The van der Waals surface area contributed by atoms with Crippen molar-refractivity contribution in [1.82, 2.24) is 0 Å². The number of nitrogens with one attached hydrogen (secondary N) is 1. The van der Waals surface area contributed by atoms with E-state index < -0.39 is 16.4 Å². The second kappa shape index (κ2) is 6.00. The summed E-state index contributed by atoms with van der Waals surface area (Å²) in [5, 5.41) is 13.1. The molecular formula is C14H12FN3O3. The molecule has 0 aromatic heterocycles. The maximum atomic E-state index is 13.2. The van der Waals surface area contributed by atoms with Crippen molar-refractivity contribution in [3.05, 3.63) is 64.0 Å². The molecule has 21 heavy (non-hydrogen) atoms. The van der Waals surface area contributed by atoms with Gasteiger partial charge in [0.1, 0.15) is 0 Å². The van der Waals surface area contributed by atoms with Crippen LogP contribution in [0.1, 0.15) is 5.56 Å². The summed E-state index contributed by atoms with van der Waals surface area (Å²) < 4.78 is 13.2. The minimum Gasteiger partial charge on any atom is -0.399 e. The molecule has 7 heteroatoms. The van der Waals surface area contributed by atoms with Crippen molar-refractivity contribution < 1.29 is 14.1 Å². The van der Waals surface area contributed by atoms with Crippen molar-refractivity contribution in [1.29, 1.82) is 0 Å². The van der Waals surface area contributed by atoms with Crippen LogP contribution in [0.25, 0.3) is 0 Å². The molecule has 0 saturated carbocycles. The first-order valence-electron chi connectivity index (χ1n) is 6.04. The Hall–Kier alpha value is -2.96. The fraction of sp³-hybridized carbons (Fsp3) is 0.0714. The lowest BCUT2D eigenvalue weighted by molar-refractivity contribution is -0.387. The van der Waals surface area contributed by atoms with Crippen LogP contribution in [-0.2, 0) is 11.2 Å². The highest BCUT2D eigenvalue weighted by atomic mass is 19.1. The molecule has 0 heterocycles. The quantitative estimate of drug-likeness (QED) is 0.513. The Balaban J connectivity index is 2.09. The van der Waals surface area contributed by atoms with Gasteiger partial charge in [0.25, 0.3) is 0 Å². The summed E-state index contributed by atoms with van der Waals surface area (Å²) in [4.78, 5) is 21.6. The summed E-state index contributed by atoms with van der Waals surface area (Å²) in [6.45, 7) is 0. The standard InChI is InChI=1S/C14H12FN3O3/c15-12-5-4-11(8-13(12)18(20)21)17-14(19)7-9-2-1-3-10(16)6-9/h1-6,8H,7,16H2,(H,17,19). The number of nitrogen functional groups attached to an aromatic ring is 1. The van der Waals surface area contributed by atoms with Gasteiger partial charge in [0.05, 0.1) is 11.3 Å². The summed E-state index contributed by atoms with van der Waals surface area (Å²) in [6.07, 6.45) is 0.0657. The van der Waals surface area contributed by atoms with Gasteiger partial charge >= 0.3 is 5.69 Å². The van der Waals surface area contributed by atoms with Crippen LogP contribution in [0.2, 0.25) is 0 Å². The van der Waals surface area contributed by atoms with Crippen molar-refractivity contribution in [3.63, 3.8) is 0 Å². The van der Waals surface area contributed by atoms with Gasteiger partial charge in [0.15, 0.2) is 0 Å². The van der Waals surface area contributed by atoms with Gasteiger partial charge in [0, 0.05) is 17.4 Å². The number of benzene rings is 2. The largest absolute Gasteiger partial charge is 0.399 e. The van der Waals surface area contributed by atoms with E-state index in [0.29, 0.717) is 11.3 Å². The number of nitro groups is 1. The number of halogens is 1. The van der Waals surface area contributed by atoms with Gasteiger partial charge in [-0.05, 0) is 29.8 Å². The first-order chi connectivity index (χ1) is 9.95. The number of amides is 1. The Kier molecular flexibility index (Phi) is 4.13. The lowest BCUT2D eigenvalue weighted by Crippen LogP contribution is -2.14. The van der Waals surface area contributed by atoms with Gasteiger partial charge < -0.3 is 11.1 Å². The molecule has 1 amide bonds. The maximum absolute atomic E-state index is 13.2. The summed E-state index contributed by atoms with van der Waals surface area (Å²) in [5.74, 6) is -1.32. The minimum atomic E-state index is -0.950. The average Bonchev–Trinajstić information content (AvgIpc) is 2.40. The maximum Gasteiger partial charge on any atom is 0.306 e. The molecule has 108 valence electrons. The zero-order valence-corrected chi connectivity index (χ0v) is 10.9. The smallest absolute Gasteiger partial charge is 0.306 e. The molecule has 0 atom stereocenters. The van der Waals surface area contributed by atoms with E-state index in [2.05, 4.69) is 5.32 Å². The van der Waals surface area contributed by atoms with Crippen LogP contribution in [0.5, 0.6) is 0 Å². The number of rotatable bonds is 4. The average molecular weight is 289 g/mol. The molecule has 2 aromatic carbocycles. The van der Waals surface area contributed by atoms with Crippen molar-refractivity contribution in [2.75, 3.05) is 11.1 Å². The molecule has 0 spiro atoms. The van der Waals surface area contributed by atoms with Gasteiger partial charge in [-0.3, -0.25) is 14.9 Å². The molecule has 0 aliphatic rings. The summed E-state index contributed by atoms with van der Waals surface area (Å²) in [6, 6.07) is 10.0. The molecule has 0 saturated heterocycles. The summed E-state index contributed by atoms with van der Waals surface area (Å²) in [7, 11) is 0. The van der Waals surface area contributed by atoms with Gasteiger partial charge in [-0.1, -0.05) is 12.1 Å². The number of nitro benzene ring substituents is 1. The highest BCUT2D eigenvalue weighted by Gasteiger charge is 2.15. The second-order valence-corrected chi connectivity index (χ2v) is 4.39. The molecule has 0 bridgehead atoms. The predicted molar refractivity (Wildman–Crippen MR) is 76.2 cm³/mol. The Morgan fingerprint density at radius 2 is 2.05 bits per heavy atom. The fourth-order valence-corrected chi connectivity index (χ4v) is 1.82. The zero-order chi connectivity index (χ0) is 15.4. The van der Waals surface area contributed by atoms with Gasteiger partial charge in [-0.25, -0.2) is 0 Å². The Morgan fingerprint density at radius 1 is 1.29 bits per heavy atom. The van der Waals surface area contributed by atoms with Gasteiger partial charge in [0.2, 0.25) is 11.7 Å². The third-order valence-electron chi connectivity index (χ3n) is 2.74. The second-order valence-electron chi connectivity index (χ2n) is 4.39. The van der Waals surface area contributed by atoms with Crippen LogP contribution in [0.4, 0.5) is 21.5 Å². The SMILES string of the molecule is Nc1cccc(CC(=O)Nc2ccc(F)c([N+](=O)[O-])c2)c1. The molecular weight excluding hydrogens is 277 g/mol. The van der Waals surface area contributed by atoms with E-state index in [1.165, 1.54) is 6.07 Å². The highest BCUT2D eigenvalue weighted by Crippen LogP contribution is 2.21. The fourth-order valence-electron chi connectivity index (χ4n) is 1.82. The van der Waals surface area contributed by atoms with Crippen LogP contribution in [0, 0.1) is 15.9 Å². The van der Waals surface area contributed by atoms with Gasteiger partial charge in [-0.2, -0.15) is 4.39 Å². The van der Waals surface area contributed by atoms with Crippen molar-refractivity contribution in [2.24, 2.45) is 0 Å². The van der Waals surface area contributed by atoms with Gasteiger partial charge in [-0.15, -0.1) is 0 Å². The van der Waals surface area contributed by atoms with Crippen molar-refractivity contribution in [2.45, 2.75) is 6.42 Å². The number of anilines is 2. The van der Waals surface area contributed by atoms with Crippen LogP contribution in [0.3, 0.4) is 0 Å². The normalized spacial score (nSPS) is 10.1. The van der Waals surface area contributed by atoms with Crippen LogP contribution in [0.15, 0.2) is 42.5 Å². The molecule has 0 fully saturated rings. The highest BCUT2D eigenvalue weighted by molar-refractivity contribution is 5.92. The number of hydrogen-bond donors (Lipinski definition) is 2. The first-order valence-corrected chi connectivity index (χ1v) is 6.04. The Morgan fingerprint density at radius 3 is 2.71 bits per heavy atom. The number of carbonyl (C=O) groups excluding carboxylic acids is 1. The monoisotopic (exact) mass is 289 g/mol. The lowest BCUT2D eigenvalue weighted by Gasteiger charge is -2.06. The number of nitrogens with zero attached hydrogens (tertiary/aromatic N) is 1. The van der Waals surface area contributed by atoms with E-state index in [1.54, 1.807) is 24.3 Å². The van der Waals surface area contributed by atoms with Crippen molar-refractivity contribution in [3.8, 4) is 0 Å². The summed E-state index contributed by atoms with van der Waals surface area (Å²) >= 11 is 0. The molecule has 2 rings (SSSR count). The van der Waals surface area contributed by atoms with E-state index in [0.717, 1.165) is 12.1 Å². The topological polar surface area (TPSA) is 98.3 Å². The molecule has 3 N–H and O–H groups in total. The van der Waals surface area contributed by atoms with Crippen LogP contribution < -0.4 is 11.1 Å². The van der Waals surface area contributed by atoms with E-state index in [9.17, 15) is 19.3 Å². The molecule has 0 aliphatic carbocycles. The van der Waals surface area contributed by atoms with E-state index in [4.69, 9.17) is 5.73 Å². The van der Waals surface area contributed by atoms with E-state index in [-0.39, 0.29) is 18.0 Å². The van der Waals surface area contributed by atoms with Crippen LogP contribution >= 0.6 is 0 Å². The first kappa shape index (κ1) is 14.4.